The molecule has 10 heteroatoms. The highest BCUT2D eigenvalue weighted by Gasteiger charge is 2.30. The van der Waals surface area contributed by atoms with Crippen LogP contribution in [0.25, 0.3) is 22.6 Å². The van der Waals surface area contributed by atoms with Crippen LogP contribution in [0, 0.1) is 0 Å². The van der Waals surface area contributed by atoms with E-state index in [1.165, 1.54) is 12.1 Å². The van der Waals surface area contributed by atoms with Crippen molar-refractivity contribution >= 4 is 17.1 Å². The Hall–Kier alpha value is -3.92. The minimum Gasteiger partial charge on any atom is -0.337 e. The van der Waals surface area contributed by atoms with Crippen molar-refractivity contribution in [3.8, 4) is 11.5 Å². The molecule has 0 aliphatic carbocycles. The summed E-state index contributed by atoms with van der Waals surface area (Å²) in [6, 6.07) is 16.5. The molecule has 0 spiro atoms. The molecule has 36 heavy (non-hydrogen) atoms. The maximum absolute atomic E-state index is 12.7. The zero-order valence-electron chi connectivity index (χ0n) is 19.4. The topological polar surface area (TPSA) is 77.2 Å². The number of piperazine rings is 1. The van der Waals surface area contributed by atoms with Gasteiger partial charge in [0.15, 0.2) is 5.82 Å². The summed E-state index contributed by atoms with van der Waals surface area (Å²) in [6.45, 7) is 3.56. The lowest BCUT2D eigenvalue weighted by atomic mass is 10.1. The summed E-state index contributed by atoms with van der Waals surface area (Å²) in [7, 11) is 0. The Balaban J connectivity index is 1.12. The third-order valence-corrected chi connectivity index (χ3v) is 6.24. The van der Waals surface area contributed by atoms with Gasteiger partial charge in [0.2, 0.25) is 0 Å². The minimum absolute atomic E-state index is 0.182. The number of urea groups is 1. The molecule has 186 valence electrons. The van der Waals surface area contributed by atoms with E-state index in [9.17, 15) is 18.0 Å². The molecule has 5 rings (SSSR count). The summed E-state index contributed by atoms with van der Waals surface area (Å²) in [4.78, 5) is 28.9. The Morgan fingerprint density at radius 2 is 1.72 bits per heavy atom. The molecule has 3 heterocycles. The van der Waals surface area contributed by atoms with Crippen molar-refractivity contribution < 1.29 is 18.0 Å². The van der Waals surface area contributed by atoms with Gasteiger partial charge in [0.05, 0.1) is 16.6 Å². The van der Waals surface area contributed by atoms with Crippen molar-refractivity contribution in [2.75, 3.05) is 26.2 Å². The van der Waals surface area contributed by atoms with Crippen LogP contribution in [-0.4, -0.2) is 57.0 Å². The standard InChI is InChI=1S/C26H25F3N6O/c27-26(28,29)20-7-4-18(5-8-20)16-31-25(36)35-13-11-34(12-14-35)17-19-6-9-21-23(15-19)33-24(32-21)22-3-1-2-10-30-22/h1-10,15H,11-14,16-17H2,(H,31,36)(H,32,33). The summed E-state index contributed by atoms with van der Waals surface area (Å²) >= 11 is 0. The fourth-order valence-corrected chi connectivity index (χ4v) is 4.25. The van der Waals surface area contributed by atoms with Crippen LogP contribution >= 0.6 is 0 Å². The molecule has 0 unspecified atom stereocenters. The fourth-order valence-electron chi connectivity index (χ4n) is 4.25. The average Bonchev–Trinajstić information content (AvgIpc) is 3.32. The monoisotopic (exact) mass is 494 g/mol. The number of fused-ring (bicyclic) bond motifs is 1. The van der Waals surface area contributed by atoms with Crippen molar-refractivity contribution in [3.63, 3.8) is 0 Å². The number of imidazole rings is 1. The smallest absolute Gasteiger partial charge is 0.337 e. The van der Waals surface area contributed by atoms with Crippen LogP contribution in [0.15, 0.2) is 66.9 Å². The normalized spacial score (nSPS) is 14.8. The molecule has 2 N–H and O–H groups in total. The number of aromatic amines is 1. The fraction of sp³-hybridized carbons (Fsp3) is 0.269. The van der Waals surface area contributed by atoms with Gasteiger partial charge in [-0.3, -0.25) is 9.88 Å². The Labute approximate surface area is 206 Å². The van der Waals surface area contributed by atoms with Gasteiger partial charge in [0.25, 0.3) is 0 Å². The maximum Gasteiger partial charge on any atom is 0.416 e. The number of pyridine rings is 1. The number of nitrogens with one attached hydrogen (secondary N) is 2. The van der Waals surface area contributed by atoms with Crippen LogP contribution in [0.1, 0.15) is 16.7 Å². The highest BCUT2D eigenvalue weighted by Crippen LogP contribution is 2.29. The van der Waals surface area contributed by atoms with Gasteiger partial charge in [-0.05, 0) is 47.5 Å². The van der Waals surface area contributed by atoms with E-state index >= 15 is 0 Å². The average molecular weight is 495 g/mol. The molecular formula is C26H25F3N6O. The Bertz CT molecular complexity index is 1330. The third-order valence-electron chi connectivity index (χ3n) is 6.24. The second-order valence-electron chi connectivity index (χ2n) is 8.77. The zero-order chi connectivity index (χ0) is 25.1. The molecule has 0 atom stereocenters. The summed E-state index contributed by atoms with van der Waals surface area (Å²) in [6.07, 6.45) is -2.63. The molecule has 4 aromatic rings. The first-order chi connectivity index (χ1) is 17.3. The number of amides is 2. The van der Waals surface area contributed by atoms with Crippen LogP contribution in [0.5, 0.6) is 0 Å². The van der Waals surface area contributed by atoms with Crippen molar-refractivity contribution in [1.82, 2.24) is 30.1 Å². The first kappa shape index (κ1) is 23.8. The van der Waals surface area contributed by atoms with Gasteiger partial charge >= 0.3 is 12.2 Å². The molecule has 1 aliphatic rings. The predicted molar refractivity (Wildman–Crippen MR) is 130 cm³/mol. The first-order valence-electron chi connectivity index (χ1n) is 11.7. The highest BCUT2D eigenvalue weighted by atomic mass is 19.4. The zero-order valence-corrected chi connectivity index (χ0v) is 19.4. The third kappa shape index (κ3) is 5.49. The Kier molecular flexibility index (Phi) is 6.60. The van der Waals surface area contributed by atoms with Gasteiger partial charge < -0.3 is 15.2 Å². The molecule has 0 radical (unpaired) electrons. The number of benzene rings is 2. The number of aromatic nitrogens is 3. The second-order valence-corrected chi connectivity index (χ2v) is 8.77. The summed E-state index contributed by atoms with van der Waals surface area (Å²) < 4.78 is 38.1. The van der Waals surface area contributed by atoms with E-state index in [1.54, 1.807) is 11.1 Å². The largest absolute Gasteiger partial charge is 0.416 e. The number of nitrogens with zero attached hydrogens (tertiary/aromatic N) is 4. The molecule has 2 amide bonds. The molecule has 1 fully saturated rings. The first-order valence-corrected chi connectivity index (χ1v) is 11.7. The van der Waals surface area contributed by atoms with Crippen LogP contribution in [0.4, 0.5) is 18.0 Å². The molecule has 0 bridgehead atoms. The number of alkyl halides is 3. The minimum atomic E-state index is -4.37. The lowest BCUT2D eigenvalue weighted by Crippen LogP contribution is -2.51. The van der Waals surface area contributed by atoms with E-state index in [2.05, 4.69) is 37.3 Å². The number of H-pyrrole nitrogens is 1. The van der Waals surface area contributed by atoms with Crippen LogP contribution in [0.3, 0.4) is 0 Å². The van der Waals surface area contributed by atoms with Crippen LogP contribution < -0.4 is 5.32 Å². The quantitative estimate of drug-likeness (QED) is 0.423. The van der Waals surface area contributed by atoms with Crippen LogP contribution in [0.2, 0.25) is 0 Å². The summed E-state index contributed by atoms with van der Waals surface area (Å²) in [5.74, 6) is 0.735. The number of carbonyl (C=O) groups is 1. The lowest BCUT2D eigenvalue weighted by molar-refractivity contribution is -0.137. The van der Waals surface area contributed by atoms with Gasteiger partial charge in [0, 0.05) is 45.5 Å². The van der Waals surface area contributed by atoms with Crippen molar-refractivity contribution in [2.45, 2.75) is 19.3 Å². The summed E-state index contributed by atoms with van der Waals surface area (Å²) in [5.41, 5.74) is 3.70. The Morgan fingerprint density at radius 3 is 2.42 bits per heavy atom. The van der Waals surface area contributed by atoms with E-state index < -0.39 is 11.7 Å². The van der Waals surface area contributed by atoms with E-state index in [1.807, 2.05) is 24.3 Å². The molecule has 2 aromatic carbocycles. The van der Waals surface area contributed by atoms with Gasteiger partial charge in [-0.25, -0.2) is 9.78 Å². The second kappa shape index (κ2) is 9.98. The van der Waals surface area contributed by atoms with Gasteiger partial charge in [0.1, 0.15) is 5.69 Å². The van der Waals surface area contributed by atoms with Gasteiger partial charge in [-0.1, -0.05) is 24.3 Å². The number of hydrogen-bond donors (Lipinski definition) is 2. The number of halogens is 3. The molecule has 1 aliphatic heterocycles. The number of hydrogen-bond acceptors (Lipinski definition) is 4. The van der Waals surface area contributed by atoms with E-state index in [0.717, 1.165) is 59.9 Å². The predicted octanol–water partition coefficient (Wildman–Crippen LogP) is 4.67. The van der Waals surface area contributed by atoms with Crippen molar-refractivity contribution in [3.05, 3.63) is 83.6 Å². The van der Waals surface area contributed by atoms with E-state index in [4.69, 9.17) is 0 Å². The SMILES string of the molecule is O=C(NCc1ccc(C(F)(F)F)cc1)N1CCN(Cc2ccc3nc(-c4ccccn4)[nH]c3c2)CC1. The van der Waals surface area contributed by atoms with E-state index in [0.29, 0.717) is 18.7 Å². The van der Waals surface area contributed by atoms with Crippen LogP contribution in [-0.2, 0) is 19.3 Å². The molecule has 7 nitrogen and oxygen atoms in total. The molecule has 0 saturated carbocycles. The maximum atomic E-state index is 12.7. The summed E-state index contributed by atoms with van der Waals surface area (Å²) in [5, 5.41) is 2.80. The number of rotatable bonds is 5. The van der Waals surface area contributed by atoms with Gasteiger partial charge in [-0.15, -0.1) is 0 Å². The lowest BCUT2D eigenvalue weighted by Gasteiger charge is -2.34. The van der Waals surface area contributed by atoms with Crippen molar-refractivity contribution in [2.24, 2.45) is 0 Å². The molecule has 1 saturated heterocycles. The van der Waals surface area contributed by atoms with Gasteiger partial charge in [-0.2, -0.15) is 13.2 Å². The van der Waals surface area contributed by atoms with Crippen molar-refractivity contribution in [1.29, 1.82) is 0 Å². The number of carbonyl (C=O) groups excluding carboxylic acids is 1. The van der Waals surface area contributed by atoms with E-state index in [-0.39, 0.29) is 12.6 Å². The molecular weight excluding hydrogens is 469 g/mol. The molecule has 2 aromatic heterocycles. The highest BCUT2D eigenvalue weighted by molar-refractivity contribution is 5.79. The Morgan fingerprint density at radius 1 is 0.972 bits per heavy atom.